The van der Waals surface area contributed by atoms with E-state index in [1.807, 2.05) is 48.9 Å². The highest BCUT2D eigenvalue weighted by atomic mass is 16.5. The van der Waals surface area contributed by atoms with Gasteiger partial charge in [-0.3, -0.25) is 4.90 Å². The predicted octanol–water partition coefficient (Wildman–Crippen LogP) is 1.94. The smallest absolute Gasteiger partial charge is 0.319 e. The third kappa shape index (κ3) is 4.58. The summed E-state index contributed by atoms with van der Waals surface area (Å²) in [7, 11) is 0. The Labute approximate surface area is 148 Å². The summed E-state index contributed by atoms with van der Waals surface area (Å²) in [6.07, 6.45) is 0. The zero-order chi connectivity index (χ0) is 17.6. The highest BCUT2D eigenvalue weighted by Crippen LogP contribution is 2.21. The summed E-state index contributed by atoms with van der Waals surface area (Å²) in [5.74, 6) is 0. The van der Waals surface area contributed by atoms with E-state index in [2.05, 4.69) is 20.6 Å². The van der Waals surface area contributed by atoms with Gasteiger partial charge in [-0.1, -0.05) is 12.1 Å². The molecule has 0 saturated carbocycles. The number of aryl methyl sites for hydroxylation is 2. The molecular formula is C18H25N5O2. The van der Waals surface area contributed by atoms with E-state index in [-0.39, 0.29) is 6.03 Å². The van der Waals surface area contributed by atoms with Crippen LogP contribution in [0.1, 0.15) is 11.4 Å². The monoisotopic (exact) mass is 343 g/mol. The van der Waals surface area contributed by atoms with Crippen molar-refractivity contribution in [2.24, 2.45) is 0 Å². The number of amides is 2. The Morgan fingerprint density at radius 2 is 2.00 bits per heavy atom. The molecule has 0 spiro atoms. The first-order valence-electron chi connectivity index (χ1n) is 8.61. The number of aromatic nitrogens is 2. The Morgan fingerprint density at radius 1 is 1.24 bits per heavy atom. The normalized spacial score (nSPS) is 15.1. The minimum atomic E-state index is -0.206. The number of ether oxygens (including phenoxy) is 1. The van der Waals surface area contributed by atoms with Gasteiger partial charge in [0.2, 0.25) is 0 Å². The van der Waals surface area contributed by atoms with Crippen LogP contribution in [0.5, 0.6) is 0 Å². The highest BCUT2D eigenvalue weighted by Gasteiger charge is 2.12. The van der Waals surface area contributed by atoms with Crippen LogP contribution in [0, 0.1) is 13.8 Å². The van der Waals surface area contributed by atoms with Crippen molar-refractivity contribution in [2.45, 2.75) is 13.8 Å². The first kappa shape index (κ1) is 17.4. The number of hydrogen-bond donors (Lipinski definition) is 2. The lowest BCUT2D eigenvalue weighted by molar-refractivity contribution is 0.0388. The van der Waals surface area contributed by atoms with E-state index in [4.69, 9.17) is 4.74 Å². The van der Waals surface area contributed by atoms with Crippen molar-refractivity contribution in [1.82, 2.24) is 20.0 Å². The van der Waals surface area contributed by atoms with E-state index in [0.29, 0.717) is 6.54 Å². The molecule has 1 aromatic carbocycles. The number of benzene rings is 1. The minimum absolute atomic E-state index is 0.206. The maximum Gasteiger partial charge on any atom is 0.319 e. The minimum Gasteiger partial charge on any atom is -0.379 e. The standard InChI is InChI=1S/C18H25N5O2/c1-14-13-15(2)23(21-14)17-6-4-3-5-16(17)20-18(24)19-7-8-22-9-11-25-12-10-22/h3-6,13H,7-12H2,1-2H3,(H2,19,20,24). The number of carbonyl (C=O) groups is 1. The van der Waals surface area contributed by atoms with Crippen LogP contribution in [-0.2, 0) is 4.74 Å². The first-order valence-corrected chi connectivity index (χ1v) is 8.61. The molecule has 1 fully saturated rings. The average Bonchev–Trinajstić information content (AvgIpc) is 2.94. The van der Waals surface area contributed by atoms with Crippen molar-refractivity contribution < 1.29 is 9.53 Å². The summed E-state index contributed by atoms with van der Waals surface area (Å²) in [5, 5.41) is 10.3. The van der Waals surface area contributed by atoms with Gasteiger partial charge in [0.25, 0.3) is 0 Å². The van der Waals surface area contributed by atoms with Crippen LogP contribution in [0.4, 0.5) is 10.5 Å². The highest BCUT2D eigenvalue weighted by molar-refractivity contribution is 5.91. The fraction of sp³-hybridized carbons (Fsp3) is 0.444. The summed E-state index contributed by atoms with van der Waals surface area (Å²) in [5.41, 5.74) is 3.57. The molecular weight excluding hydrogens is 318 g/mol. The Balaban J connectivity index is 1.59. The zero-order valence-corrected chi connectivity index (χ0v) is 14.8. The Hall–Kier alpha value is -2.38. The molecule has 0 aliphatic carbocycles. The fourth-order valence-corrected chi connectivity index (χ4v) is 2.96. The van der Waals surface area contributed by atoms with Gasteiger partial charge in [-0.25, -0.2) is 9.48 Å². The number of morpholine rings is 1. The summed E-state index contributed by atoms with van der Waals surface area (Å²) in [4.78, 5) is 14.5. The molecule has 1 saturated heterocycles. The maximum atomic E-state index is 12.2. The number of para-hydroxylation sites is 2. The molecule has 0 unspecified atom stereocenters. The molecule has 0 bridgehead atoms. The van der Waals surface area contributed by atoms with Crippen LogP contribution in [0.15, 0.2) is 30.3 Å². The lowest BCUT2D eigenvalue weighted by Crippen LogP contribution is -2.42. The topological polar surface area (TPSA) is 71.4 Å². The van der Waals surface area contributed by atoms with Gasteiger partial charge in [-0.15, -0.1) is 0 Å². The largest absolute Gasteiger partial charge is 0.379 e. The van der Waals surface area contributed by atoms with Crippen LogP contribution in [0.25, 0.3) is 5.69 Å². The second kappa shape index (κ2) is 8.13. The fourth-order valence-electron chi connectivity index (χ4n) is 2.96. The molecule has 134 valence electrons. The van der Waals surface area contributed by atoms with Gasteiger partial charge < -0.3 is 15.4 Å². The van der Waals surface area contributed by atoms with Crippen LogP contribution >= 0.6 is 0 Å². The van der Waals surface area contributed by atoms with E-state index >= 15 is 0 Å². The lowest BCUT2D eigenvalue weighted by atomic mass is 10.2. The van der Waals surface area contributed by atoms with E-state index < -0.39 is 0 Å². The Kier molecular flexibility index (Phi) is 5.67. The average molecular weight is 343 g/mol. The molecule has 7 nitrogen and oxygen atoms in total. The van der Waals surface area contributed by atoms with Crippen molar-refractivity contribution in [3.63, 3.8) is 0 Å². The number of urea groups is 1. The summed E-state index contributed by atoms with van der Waals surface area (Å²) >= 11 is 0. The second-order valence-electron chi connectivity index (χ2n) is 6.19. The van der Waals surface area contributed by atoms with Crippen molar-refractivity contribution >= 4 is 11.7 Å². The van der Waals surface area contributed by atoms with Crippen molar-refractivity contribution in [1.29, 1.82) is 0 Å². The zero-order valence-electron chi connectivity index (χ0n) is 14.8. The number of nitrogens with one attached hydrogen (secondary N) is 2. The molecule has 2 N–H and O–H groups in total. The molecule has 3 rings (SSSR count). The SMILES string of the molecule is Cc1cc(C)n(-c2ccccc2NC(=O)NCCN2CCOCC2)n1. The maximum absolute atomic E-state index is 12.2. The number of anilines is 1. The van der Waals surface area contributed by atoms with E-state index in [0.717, 1.165) is 55.6 Å². The summed E-state index contributed by atoms with van der Waals surface area (Å²) in [6, 6.07) is 9.48. The number of rotatable bonds is 5. The molecule has 2 aromatic rings. The van der Waals surface area contributed by atoms with Crippen LogP contribution in [0.3, 0.4) is 0 Å². The number of hydrogen-bond acceptors (Lipinski definition) is 4. The van der Waals surface area contributed by atoms with Gasteiger partial charge in [0.15, 0.2) is 0 Å². The molecule has 1 aliphatic rings. The summed E-state index contributed by atoms with van der Waals surface area (Å²) < 4.78 is 7.17. The quantitative estimate of drug-likeness (QED) is 0.870. The van der Waals surface area contributed by atoms with Gasteiger partial charge in [-0.2, -0.15) is 5.10 Å². The third-order valence-electron chi connectivity index (χ3n) is 4.21. The molecule has 0 radical (unpaired) electrons. The second-order valence-corrected chi connectivity index (χ2v) is 6.19. The number of nitrogens with zero attached hydrogens (tertiary/aromatic N) is 3. The molecule has 1 aromatic heterocycles. The number of carbonyl (C=O) groups excluding carboxylic acids is 1. The predicted molar refractivity (Wildman–Crippen MR) is 97.3 cm³/mol. The Bertz CT molecular complexity index is 722. The summed E-state index contributed by atoms with van der Waals surface area (Å²) in [6.45, 7) is 8.76. The molecule has 25 heavy (non-hydrogen) atoms. The van der Waals surface area contributed by atoms with E-state index in [9.17, 15) is 4.79 Å². The first-order chi connectivity index (χ1) is 12.1. The lowest BCUT2D eigenvalue weighted by Gasteiger charge is -2.26. The van der Waals surface area contributed by atoms with Gasteiger partial charge in [0.05, 0.1) is 30.3 Å². The van der Waals surface area contributed by atoms with Crippen LogP contribution < -0.4 is 10.6 Å². The third-order valence-corrected chi connectivity index (χ3v) is 4.21. The molecule has 0 atom stereocenters. The van der Waals surface area contributed by atoms with Gasteiger partial charge in [0.1, 0.15) is 0 Å². The molecule has 7 heteroatoms. The Morgan fingerprint density at radius 3 is 2.72 bits per heavy atom. The van der Waals surface area contributed by atoms with Crippen LogP contribution in [-0.4, -0.2) is 60.1 Å². The van der Waals surface area contributed by atoms with Gasteiger partial charge in [-0.05, 0) is 32.0 Å². The van der Waals surface area contributed by atoms with Crippen LogP contribution in [0.2, 0.25) is 0 Å². The van der Waals surface area contributed by atoms with Gasteiger partial charge in [0, 0.05) is 31.9 Å². The van der Waals surface area contributed by atoms with Crippen molar-refractivity contribution in [3.05, 3.63) is 41.7 Å². The molecule has 2 heterocycles. The van der Waals surface area contributed by atoms with Gasteiger partial charge >= 0.3 is 6.03 Å². The molecule has 1 aliphatic heterocycles. The van der Waals surface area contributed by atoms with Crippen molar-refractivity contribution in [2.75, 3.05) is 44.7 Å². The van der Waals surface area contributed by atoms with E-state index in [1.54, 1.807) is 0 Å². The molecule has 2 amide bonds. The van der Waals surface area contributed by atoms with Crippen molar-refractivity contribution in [3.8, 4) is 5.69 Å². The van der Waals surface area contributed by atoms with E-state index in [1.165, 1.54) is 0 Å².